The van der Waals surface area contributed by atoms with E-state index in [0.717, 1.165) is 5.57 Å². The van der Waals surface area contributed by atoms with Crippen molar-refractivity contribution < 1.29 is 14.3 Å². The minimum absolute atomic E-state index is 0.0451. The molecule has 0 aromatic heterocycles. The largest absolute Gasteiger partial charge is 0.493 e. The average Bonchev–Trinajstić information content (AvgIpc) is 2.34. The third kappa shape index (κ3) is 3.34. The van der Waals surface area contributed by atoms with Gasteiger partial charge in [0.25, 0.3) is 0 Å². The van der Waals surface area contributed by atoms with E-state index >= 15 is 0 Å². The number of allylic oxidation sites excluding steroid dienone is 1. The molecule has 1 aromatic rings. The first-order chi connectivity index (χ1) is 8.10. The Kier molecular flexibility index (Phi) is 4.76. The van der Waals surface area contributed by atoms with Gasteiger partial charge in [0.15, 0.2) is 17.3 Å². The number of carbonyl (C=O) groups excluding carboxylic acids is 1. The summed E-state index contributed by atoms with van der Waals surface area (Å²) in [6, 6.07) is 5.31. The number of rotatable bonds is 6. The molecule has 0 N–H and O–H groups in total. The fraction of sp³-hybridized carbons (Fsp3) is 0.357. The number of benzene rings is 1. The smallest absolute Gasteiger partial charge is 0.171 e. The fourth-order valence-corrected chi connectivity index (χ4v) is 1.57. The van der Waals surface area contributed by atoms with Crippen molar-refractivity contribution in [3.05, 3.63) is 35.9 Å². The van der Waals surface area contributed by atoms with Crippen LogP contribution in [0.5, 0.6) is 11.5 Å². The SMILES string of the molecule is C=C(C)CCC(=O)c1cccc(OC)c1OC. The molecule has 17 heavy (non-hydrogen) atoms. The zero-order chi connectivity index (χ0) is 12.8. The summed E-state index contributed by atoms with van der Waals surface area (Å²) in [7, 11) is 3.09. The summed E-state index contributed by atoms with van der Waals surface area (Å²) in [5, 5.41) is 0. The molecule has 0 aliphatic carbocycles. The molecule has 0 heterocycles. The van der Waals surface area contributed by atoms with Gasteiger partial charge in [-0.1, -0.05) is 11.6 Å². The van der Waals surface area contributed by atoms with E-state index in [4.69, 9.17) is 9.47 Å². The number of hydrogen-bond donors (Lipinski definition) is 0. The van der Waals surface area contributed by atoms with Crippen LogP contribution in [0.25, 0.3) is 0 Å². The Labute approximate surface area is 102 Å². The summed E-state index contributed by atoms with van der Waals surface area (Å²) in [5.41, 5.74) is 1.56. The molecule has 1 aromatic carbocycles. The summed E-state index contributed by atoms with van der Waals surface area (Å²) in [4.78, 5) is 12.0. The normalized spacial score (nSPS) is 9.82. The number of ether oxygens (including phenoxy) is 2. The summed E-state index contributed by atoms with van der Waals surface area (Å²) < 4.78 is 10.4. The summed E-state index contributed by atoms with van der Waals surface area (Å²) in [6.45, 7) is 5.70. The van der Waals surface area contributed by atoms with Crippen LogP contribution in [0.3, 0.4) is 0 Å². The lowest BCUT2D eigenvalue weighted by Crippen LogP contribution is -2.03. The number of hydrogen-bond acceptors (Lipinski definition) is 3. The van der Waals surface area contributed by atoms with Crippen LogP contribution in [0.4, 0.5) is 0 Å². The van der Waals surface area contributed by atoms with Crippen molar-refractivity contribution in [3.8, 4) is 11.5 Å². The first-order valence-electron chi connectivity index (χ1n) is 5.48. The third-order valence-electron chi connectivity index (χ3n) is 2.48. The summed E-state index contributed by atoms with van der Waals surface area (Å²) in [6.07, 6.45) is 1.14. The van der Waals surface area contributed by atoms with Gasteiger partial charge in [0.05, 0.1) is 19.8 Å². The molecule has 0 fully saturated rings. The molecule has 3 heteroatoms. The quantitative estimate of drug-likeness (QED) is 0.560. The zero-order valence-electron chi connectivity index (χ0n) is 10.6. The molecule has 0 spiro atoms. The highest BCUT2D eigenvalue weighted by atomic mass is 16.5. The molecule has 1 rings (SSSR count). The average molecular weight is 234 g/mol. The maximum Gasteiger partial charge on any atom is 0.171 e. The number of Topliss-reactive ketones (excluding diaryl/α,β-unsaturated/α-hetero) is 1. The number of carbonyl (C=O) groups is 1. The molecule has 0 saturated carbocycles. The van der Waals surface area contributed by atoms with E-state index in [0.29, 0.717) is 29.9 Å². The monoisotopic (exact) mass is 234 g/mol. The molecule has 0 aliphatic rings. The van der Waals surface area contributed by atoms with Gasteiger partial charge in [0.2, 0.25) is 0 Å². The molecular weight excluding hydrogens is 216 g/mol. The Morgan fingerprint density at radius 1 is 1.24 bits per heavy atom. The van der Waals surface area contributed by atoms with Gasteiger partial charge in [-0.3, -0.25) is 4.79 Å². The van der Waals surface area contributed by atoms with Crippen LogP contribution in [0.15, 0.2) is 30.4 Å². The topological polar surface area (TPSA) is 35.5 Å². The molecule has 0 aliphatic heterocycles. The molecule has 0 radical (unpaired) electrons. The van der Waals surface area contributed by atoms with Gasteiger partial charge in [-0.2, -0.15) is 0 Å². The van der Waals surface area contributed by atoms with E-state index in [1.54, 1.807) is 25.3 Å². The predicted molar refractivity (Wildman–Crippen MR) is 67.9 cm³/mol. The van der Waals surface area contributed by atoms with Crippen molar-refractivity contribution in [1.29, 1.82) is 0 Å². The van der Waals surface area contributed by atoms with E-state index in [9.17, 15) is 4.79 Å². The van der Waals surface area contributed by atoms with Gasteiger partial charge in [-0.15, -0.1) is 6.58 Å². The zero-order valence-corrected chi connectivity index (χ0v) is 10.6. The van der Waals surface area contributed by atoms with Crippen molar-refractivity contribution >= 4 is 5.78 Å². The second kappa shape index (κ2) is 6.09. The van der Waals surface area contributed by atoms with E-state index in [1.807, 2.05) is 6.92 Å². The standard InChI is InChI=1S/C14H18O3/c1-10(2)8-9-12(15)11-6-5-7-13(16-3)14(11)17-4/h5-7H,1,8-9H2,2-4H3. The molecule has 0 bridgehead atoms. The van der Waals surface area contributed by atoms with Crippen LogP contribution in [0.1, 0.15) is 30.1 Å². The predicted octanol–water partition coefficient (Wildman–Crippen LogP) is 3.24. The molecule has 0 amide bonds. The van der Waals surface area contributed by atoms with E-state index < -0.39 is 0 Å². The van der Waals surface area contributed by atoms with Crippen molar-refractivity contribution in [1.82, 2.24) is 0 Å². The van der Waals surface area contributed by atoms with Crippen molar-refractivity contribution in [3.63, 3.8) is 0 Å². The van der Waals surface area contributed by atoms with Crippen molar-refractivity contribution in [2.75, 3.05) is 14.2 Å². The lowest BCUT2D eigenvalue weighted by Gasteiger charge is -2.11. The molecule has 0 unspecified atom stereocenters. The highest BCUT2D eigenvalue weighted by Crippen LogP contribution is 2.31. The van der Waals surface area contributed by atoms with Crippen LogP contribution >= 0.6 is 0 Å². The van der Waals surface area contributed by atoms with Crippen molar-refractivity contribution in [2.45, 2.75) is 19.8 Å². The van der Waals surface area contributed by atoms with Crippen LogP contribution in [0, 0.1) is 0 Å². The first-order valence-corrected chi connectivity index (χ1v) is 5.48. The van der Waals surface area contributed by atoms with Gasteiger partial charge in [0.1, 0.15) is 0 Å². The molecule has 0 saturated heterocycles. The minimum Gasteiger partial charge on any atom is -0.493 e. The highest BCUT2D eigenvalue weighted by molar-refractivity contribution is 5.99. The van der Waals surface area contributed by atoms with E-state index in [1.165, 1.54) is 7.11 Å². The third-order valence-corrected chi connectivity index (χ3v) is 2.48. The number of methoxy groups -OCH3 is 2. The Hall–Kier alpha value is -1.77. The minimum atomic E-state index is 0.0451. The summed E-state index contributed by atoms with van der Waals surface area (Å²) in [5.74, 6) is 1.12. The van der Waals surface area contributed by atoms with Gasteiger partial charge in [-0.25, -0.2) is 0 Å². The lowest BCUT2D eigenvalue weighted by molar-refractivity contribution is 0.0979. The number of ketones is 1. The Morgan fingerprint density at radius 2 is 1.94 bits per heavy atom. The first kappa shape index (κ1) is 13.3. The second-order valence-corrected chi connectivity index (χ2v) is 3.92. The molecule has 3 nitrogen and oxygen atoms in total. The van der Waals surface area contributed by atoms with Gasteiger partial charge in [-0.05, 0) is 25.5 Å². The maximum atomic E-state index is 12.0. The summed E-state index contributed by atoms with van der Waals surface area (Å²) >= 11 is 0. The second-order valence-electron chi connectivity index (χ2n) is 3.92. The lowest BCUT2D eigenvalue weighted by atomic mass is 10.0. The van der Waals surface area contributed by atoms with Crippen LogP contribution in [0.2, 0.25) is 0 Å². The van der Waals surface area contributed by atoms with E-state index in [2.05, 4.69) is 6.58 Å². The van der Waals surface area contributed by atoms with Gasteiger partial charge >= 0.3 is 0 Å². The van der Waals surface area contributed by atoms with Crippen molar-refractivity contribution in [2.24, 2.45) is 0 Å². The Bertz CT molecular complexity index is 421. The van der Waals surface area contributed by atoms with Gasteiger partial charge in [0, 0.05) is 6.42 Å². The van der Waals surface area contributed by atoms with Crippen LogP contribution in [-0.2, 0) is 0 Å². The Balaban J connectivity index is 2.96. The molecule has 92 valence electrons. The Morgan fingerprint density at radius 3 is 2.47 bits per heavy atom. The fourth-order valence-electron chi connectivity index (χ4n) is 1.57. The molecular formula is C14H18O3. The maximum absolute atomic E-state index is 12.0. The highest BCUT2D eigenvalue weighted by Gasteiger charge is 2.15. The van der Waals surface area contributed by atoms with Gasteiger partial charge < -0.3 is 9.47 Å². The van der Waals surface area contributed by atoms with Crippen LogP contribution < -0.4 is 9.47 Å². The van der Waals surface area contributed by atoms with Crippen LogP contribution in [-0.4, -0.2) is 20.0 Å². The number of para-hydroxylation sites is 1. The molecule has 0 atom stereocenters. The van der Waals surface area contributed by atoms with E-state index in [-0.39, 0.29) is 5.78 Å².